The summed E-state index contributed by atoms with van der Waals surface area (Å²) in [5, 5.41) is 0. The lowest BCUT2D eigenvalue weighted by Gasteiger charge is -2.38. The summed E-state index contributed by atoms with van der Waals surface area (Å²) in [7, 11) is 9.51. The van der Waals surface area contributed by atoms with Gasteiger partial charge in [-0.3, -0.25) is 0 Å². The highest BCUT2D eigenvalue weighted by Crippen LogP contribution is 2.25. The van der Waals surface area contributed by atoms with E-state index < -0.39 is 0 Å². The molecule has 1 unspecified atom stereocenters. The standard InChI is InChI=1S/C16H28N2/c1-17(2,13-15-9-6-5-7-10-15)14-16-11-8-12-18(16,3)4/h5-7,9-10,16H,8,11-14H2,1-4H3/q+2. The van der Waals surface area contributed by atoms with Crippen LogP contribution in [0.3, 0.4) is 0 Å². The van der Waals surface area contributed by atoms with Gasteiger partial charge in [0.05, 0.1) is 34.7 Å². The van der Waals surface area contributed by atoms with Crippen molar-refractivity contribution in [3.8, 4) is 0 Å². The van der Waals surface area contributed by atoms with Crippen molar-refractivity contribution in [1.82, 2.24) is 0 Å². The second-order valence-corrected chi connectivity index (χ2v) is 7.06. The number of benzene rings is 1. The van der Waals surface area contributed by atoms with Gasteiger partial charge in [0, 0.05) is 18.4 Å². The summed E-state index contributed by atoms with van der Waals surface area (Å²) in [6.45, 7) is 3.76. The quantitative estimate of drug-likeness (QED) is 0.718. The third-order valence-corrected chi connectivity index (χ3v) is 4.42. The zero-order valence-corrected chi connectivity index (χ0v) is 12.4. The average Bonchev–Trinajstić information content (AvgIpc) is 2.58. The molecule has 1 aliphatic heterocycles. The molecule has 1 fully saturated rings. The highest BCUT2D eigenvalue weighted by atomic mass is 15.4. The first-order chi connectivity index (χ1) is 8.39. The van der Waals surface area contributed by atoms with Crippen LogP contribution in [0.25, 0.3) is 0 Å². The largest absolute Gasteiger partial charge is 0.321 e. The maximum absolute atomic E-state index is 2.39. The van der Waals surface area contributed by atoms with Crippen molar-refractivity contribution in [2.45, 2.75) is 25.4 Å². The van der Waals surface area contributed by atoms with Crippen LogP contribution in [0, 0.1) is 0 Å². The van der Waals surface area contributed by atoms with E-state index in [0.29, 0.717) is 0 Å². The molecule has 2 heteroatoms. The molecule has 0 radical (unpaired) electrons. The number of likely N-dealkylation sites (tertiary alicyclic amines) is 1. The molecule has 0 aromatic heterocycles. The molecule has 0 bridgehead atoms. The van der Waals surface area contributed by atoms with Crippen molar-refractivity contribution in [2.24, 2.45) is 0 Å². The molecule has 0 aliphatic carbocycles. The topological polar surface area (TPSA) is 0 Å². The van der Waals surface area contributed by atoms with Crippen LogP contribution >= 0.6 is 0 Å². The Balaban J connectivity index is 1.99. The molecule has 100 valence electrons. The first-order valence-electron chi connectivity index (χ1n) is 7.08. The molecule has 2 nitrogen and oxygen atoms in total. The molecule has 0 spiro atoms. The fourth-order valence-electron chi connectivity index (χ4n) is 3.29. The predicted molar refractivity (Wildman–Crippen MR) is 77.1 cm³/mol. The fourth-order valence-corrected chi connectivity index (χ4v) is 3.29. The molecule has 2 rings (SSSR count). The lowest BCUT2D eigenvalue weighted by atomic mass is 10.1. The van der Waals surface area contributed by atoms with Gasteiger partial charge in [0.2, 0.25) is 0 Å². The lowest BCUT2D eigenvalue weighted by Crippen LogP contribution is -2.54. The Labute approximate surface area is 112 Å². The Bertz CT molecular complexity index is 381. The van der Waals surface area contributed by atoms with Crippen LogP contribution in [0.5, 0.6) is 0 Å². The van der Waals surface area contributed by atoms with Crippen LogP contribution in [0.1, 0.15) is 18.4 Å². The van der Waals surface area contributed by atoms with Gasteiger partial charge in [0.15, 0.2) is 0 Å². The maximum atomic E-state index is 2.39. The van der Waals surface area contributed by atoms with Crippen molar-refractivity contribution in [3.05, 3.63) is 35.9 Å². The SMILES string of the molecule is C[N+](C)(Cc1ccccc1)CC1CCC[N+]1(C)C. The van der Waals surface area contributed by atoms with Crippen LogP contribution < -0.4 is 0 Å². The van der Waals surface area contributed by atoms with Crippen molar-refractivity contribution < 1.29 is 8.97 Å². The molecular formula is C16H28N2+2. The van der Waals surface area contributed by atoms with Gasteiger partial charge in [0.25, 0.3) is 0 Å². The second-order valence-electron chi connectivity index (χ2n) is 7.06. The summed E-state index contributed by atoms with van der Waals surface area (Å²) in [6.07, 6.45) is 2.78. The Kier molecular flexibility index (Phi) is 3.79. The van der Waals surface area contributed by atoms with Crippen molar-refractivity contribution in [1.29, 1.82) is 0 Å². The van der Waals surface area contributed by atoms with E-state index in [2.05, 4.69) is 58.5 Å². The van der Waals surface area contributed by atoms with Gasteiger partial charge in [0.1, 0.15) is 19.1 Å². The molecule has 1 saturated heterocycles. The van der Waals surface area contributed by atoms with E-state index in [4.69, 9.17) is 0 Å². The Morgan fingerprint density at radius 2 is 1.83 bits per heavy atom. The van der Waals surface area contributed by atoms with Crippen LogP contribution in [-0.2, 0) is 6.54 Å². The first kappa shape index (κ1) is 13.6. The minimum absolute atomic E-state index is 0.823. The Morgan fingerprint density at radius 3 is 2.39 bits per heavy atom. The average molecular weight is 248 g/mol. The molecule has 18 heavy (non-hydrogen) atoms. The molecular weight excluding hydrogens is 220 g/mol. The van der Waals surface area contributed by atoms with Crippen molar-refractivity contribution in [2.75, 3.05) is 41.3 Å². The third-order valence-electron chi connectivity index (χ3n) is 4.42. The molecule has 1 aliphatic rings. The van der Waals surface area contributed by atoms with Crippen LogP contribution in [0.2, 0.25) is 0 Å². The molecule has 1 atom stereocenters. The summed E-state index contributed by atoms with van der Waals surface area (Å²) in [5.41, 5.74) is 1.45. The number of rotatable bonds is 4. The Hall–Kier alpha value is -0.860. The minimum Gasteiger partial charge on any atom is -0.321 e. The summed E-state index contributed by atoms with van der Waals surface area (Å²) in [5.74, 6) is 0. The lowest BCUT2D eigenvalue weighted by molar-refractivity contribution is -0.962. The van der Waals surface area contributed by atoms with E-state index in [1.807, 2.05) is 0 Å². The zero-order chi connectivity index (χ0) is 13.2. The number of likely N-dealkylation sites (N-methyl/N-ethyl adjacent to an activating group) is 2. The molecule has 0 N–H and O–H groups in total. The van der Waals surface area contributed by atoms with Gasteiger partial charge in [-0.1, -0.05) is 30.3 Å². The van der Waals surface area contributed by atoms with Crippen LogP contribution in [0.4, 0.5) is 0 Å². The molecule has 1 aromatic rings. The van der Waals surface area contributed by atoms with E-state index in [1.54, 1.807) is 0 Å². The monoisotopic (exact) mass is 248 g/mol. The summed E-state index contributed by atoms with van der Waals surface area (Å²) in [6, 6.07) is 11.7. The first-order valence-corrected chi connectivity index (χ1v) is 7.08. The highest BCUT2D eigenvalue weighted by molar-refractivity contribution is 5.13. The number of hydrogen-bond acceptors (Lipinski definition) is 0. The zero-order valence-electron chi connectivity index (χ0n) is 12.4. The fraction of sp³-hybridized carbons (Fsp3) is 0.625. The number of hydrogen-bond donors (Lipinski definition) is 0. The summed E-state index contributed by atoms with van der Waals surface area (Å²) in [4.78, 5) is 0. The smallest absolute Gasteiger partial charge is 0.138 e. The van der Waals surface area contributed by atoms with Gasteiger partial charge in [-0.05, 0) is 0 Å². The van der Waals surface area contributed by atoms with Crippen molar-refractivity contribution >= 4 is 0 Å². The molecule has 0 saturated carbocycles. The molecule has 0 amide bonds. The predicted octanol–water partition coefficient (Wildman–Crippen LogP) is 2.50. The molecule has 1 aromatic carbocycles. The van der Waals surface area contributed by atoms with E-state index in [1.165, 1.54) is 36.0 Å². The molecule has 1 heterocycles. The minimum atomic E-state index is 0.823. The van der Waals surface area contributed by atoms with Gasteiger partial charge in [-0.15, -0.1) is 0 Å². The van der Waals surface area contributed by atoms with E-state index >= 15 is 0 Å². The van der Waals surface area contributed by atoms with E-state index in [0.717, 1.165) is 17.1 Å². The second kappa shape index (κ2) is 5.02. The highest BCUT2D eigenvalue weighted by Gasteiger charge is 2.38. The summed E-state index contributed by atoms with van der Waals surface area (Å²) >= 11 is 0. The third kappa shape index (κ3) is 3.33. The van der Waals surface area contributed by atoms with Crippen molar-refractivity contribution in [3.63, 3.8) is 0 Å². The summed E-state index contributed by atoms with van der Waals surface area (Å²) < 4.78 is 2.30. The van der Waals surface area contributed by atoms with E-state index in [9.17, 15) is 0 Å². The van der Waals surface area contributed by atoms with Gasteiger partial charge >= 0.3 is 0 Å². The van der Waals surface area contributed by atoms with Crippen LogP contribution in [-0.4, -0.2) is 56.3 Å². The number of nitrogens with zero attached hydrogens (tertiary/aromatic N) is 2. The van der Waals surface area contributed by atoms with Crippen LogP contribution in [0.15, 0.2) is 30.3 Å². The van der Waals surface area contributed by atoms with Gasteiger partial charge < -0.3 is 8.97 Å². The number of quaternary nitrogens is 2. The Morgan fingerprint density at radius 1 is 1.17 bits per heavy atom. The maximum Gasteiger partial charge on any atom is 0.138 e. The normalized spacial score (nSPS) is 23.2. The van der Waals surface area contributed by atoms with Gasteiger partial charge in [-0.25, -0.2) is 0 Å². The van der Waals surface area contributed by atoms with Gasteiger partial charge in [-0.2, -0.15) is 0 Å². The van der Waals surface area contributed by atoms with E-state index in [-0.39, 0.29) is 0 Å².